The zero-order valence-electron chi connectivity index (χ0n) is 11.4. The number of esters is 1. The van der Waals surface area contributed by atoms with Gasteiger partial charge in [0.2, 0.25) is 0 Å². The van der Waals surface area contributed by atoms with Gasteiger partial charge in [-0.1, -0.05) is 0 Å². The van der Waals surface area contributed by atoms with Crippen LogP contribution in [-0.2, 0) is 4.74 Å². The number of hydrogen-bond acceptors (Lipinski definition) is 4. The van der Waals surface area contributed by atoms with Crippen LogP contribution in [0.15, 0.2) is 48.3 Å². The van der Waals surface area contributed by atoms with Gasteiger partial charge in [0.15, 0.2) is 0 Å². The van der Waals surface area contributed by atoms with E-state index in [1.54, 1.807) is 24.3 Å². The maximum absolute atomic E-state index is 13.1. The lowest BCUT2D eigenvalue weighted by Crippen LogP contribution is -2.21. The number of dihydropyridines is 1. The zero-order valence-corrected chi connectivity index (χ0v) is 11.4. The lowest BCUT2D eigenvalue weighted by atomic mass is 10.2. The third-order valence-electron chi connectivity index (χ3n) is 2.86. The van der Waals surface area contributed by atoms with E-state index in [1.165, 1.54) is 13.3 Å². The summed E-state index contributed by atoms with van der Waals surface area (Å²) in [6.07, 6.45) is 3.22. The first-order chi connectivity index (χ1) is 10.00. The maximum Gasteiger partial charge on any atom is 0.337 e. The summed E-state index contributed by atoms with van der Waals surface area (Å²) in [6, 6.07) is 6.42. The van der Waals surface area contributed by atoms with Gasteiger partial charge in [-0.25, -0.2) is 4.79 Å². The second-order valence-corrected chi connectivity index (χ2v) is 4.44. The quantitative estimate of drug-likeness (QED) is 0.849. The van der Waals surface area contributed by atoms with Crippen molar-refractivity contribution in [3.63, 3.8) is 0 Å². The van der Waals surface area contributed by atoms with Crippen LogP contribution in [0.2, 0.25) is 0 Å². The second kappa shape index (κ2) is 6.39. The number of allylic oxidation sites excluding steroid dienone is 2. The molecule has 0 radical (unpaired) electrons. The van der Waals surface area contributed by atoms with Gasteiger partial charge < -0.3 is 14.8 Å². The molecule has 0 saturated carbocycles. The molecule has 6 heteroatoms. The van der Waals surface area contributed by atoms with E-state index in [9.17, 15) is 13.6 Å². The molecule has 1 heterocycles. The van der Waals surface area contributed by atoms with Gasteiger partial charge >= 0.3 is 5.97 Å². The highest BCUT2D eigenvalue weighted by Gasteiger charge is 2.24. The van der Waals surface area contributed by atoms with Gasteiger partial charge in [0, 0.05) is 30.5 Å². The molecule has 1 aromatic rings. The van der Waals surface area contributed by atoms with Crippen LogP contribution in [0.3, 0.4) is 0 Å². The predicted octanol–water partition coefficient (Wildman–Crippen LogP) is 2.88. The summed E-state index contributed by atoms with van der Waals surface area (Å²) in [6.45, 7) is 0.250. The number of carbonyl (C=O) groups excluding carboxylic acids is 1. The van der Waals surface area contributed by atoms with E-state index in [2.05, 4.69) is 10.1 Å². The Morgan fingerprint density at radius 1 is 1.29 bits per heavy atom. The molecule has 0 amide bonds. The molecule has 0 fully saturated rings. The molecule has 4 nitrogen and oxygen atoms in total. The minimum Gasteiger partial charge on any atom is -0.493 e. The molecule has 21 heavy (non-hydrogen) atoms. The molecule has 0 spiro atoms. The summed E-state index contributed by atoms with van der Waals surface area (Å²) in [7, 11) is 1.31. The molecule has 0 aromatic heterocycles. The monoisotopic (exact) mass is 295 g/mol. The van der Waals surface area contributed by atoms with Gasteiger partial charge in [0.1, 0.15) is 5.75 Å². The fourth-order valence-electron chi connectivity index (χ4n) is 1.81. The topological polar surface area (TPSA) is 47.6 Å². The van der Waals surface area contributed by atoms with Crippen molar-refractivity contribution < 1.29 is 23.0 Å². The number of benzene rings is 1. The van der Waals surface area contributed by atoms with E-state index in [1.807, 2.05) is 0 Å². The van der Waals surface area contributed by atoms with Gasteiger partial charge in [0.25, 0.3) is 5.92 Å². The first-order valence-corrected chi connectivity index (χ1v) is 6.35. The highest BCUT2D eigenvalue weighted by molar-refractivity contribution is 5.89. The van der Waals surface area contributed by atoms with Gasteiger partial charge in [-0.2, -0.15) is 8.78 Å². The number of alkyl halides is 2. The van der Waals surface area contributed by atoms with Crippen molar-refractivity contribution >= 4 is 5.97 Å². The molecule has 1 aliphatic rings. The molecule has 0 unspecified atom stereocenters. The molecule has 0 atom stereocenters. The van der Waals surface area contributed by atoms with E-state index >= 15 is 0 Å². The molecular weight excluding hydrogens is 280 g/mol. The fourth-order valence-corrected chi connectivity index (χ4v) is 1.81. The molecule has 1 aromatic carbocycles. The van der Waals surface area contributed by atoms with Crippen LogP contribution in [0, 0.1) is 0 Å². The van der Waals surface area contributed by atoms with Gasteiger partial charge in [-0.3, -0.25) is 0 Å². The number of hydrogen-bond donors (Lipinski definition) is 1. The Morgan fingerprint density at radius 2 is 2.00 bits per heavy atom. The van der Waals surface area contributed by atoms with Crippen LogP contribution >= 0.6 is 0 Å². The summed E-state index contributed by atoms with van der Waals surface area (Å²) >= 11 is 0. The van der Waals surface area contributed by atoms with Crippen LogP contribution in [0.4, 0.5) is 8.78 Å². The summed E-state index contributed by atoms with van der Waals surface area (Å²) in [4.78, 5) is 11.2. The number of nitrogens with one attached hydrogen (secondary N) is 1. The molecule has 0 bridgehead atoms. The average molecular weight is 295 g/mol. The molecule has 1 N–H and O–H groups in total. The summed E-state index contributed by atoms with van der Waals surface area (Å²) < 4.78 is 36.2. The summed E-state index contributed by atoms with van der Waals surface area (Å²) in [5.74, 6) is -2.78. The largest absolute Gasteiger partial charge is 0.493 e. The number of rotatable bonds is 5. The van der Waals surface area contributed by atoms with E-state index in [0.717, 1.165) is 12.2 Å². The SMILES string of the molecule is COC(=O)c1ccc(OCCC2=CC(F)(F)C=CN2)cc1. The van der Waals surface area contributed by atoms with Gasteiger partial charge in [-0.05, 0) is 24.3 Å². The Kier molecular flexibility index (Phi) is 4.57. The van der Waals surface area contributed by atoms with Gasteiger partial charge in [0.05, 0.1) is 19.3 Å². The Bertz CT molecular complexity index is 565. The Balaban J connectivity index is 1.84. The third kappa shape index (κ3) is 4.30. The van der Waals surface area contributed by atoms with Crippen molar-refractivity contribution in [2.24, 2.45) is 0 Å². The first kappa shape index (κ1) is 15.0. The van der Waals surface area contributed by atoms with Crippen molar-refractivity contribution in [3.05, 3.63) is 53.9 Å². The molecular formula is C15H15F2NO3. The first-order valence-electron chi connectivity index (χ1n) is 6.35. The molecule has 112 valence electrons. The van der Waals surface area contributed by atoms with E-state index < -0.39 is 11.9 Å². The minimum absolute atomic E-state index is 0.250. The molecule has 0 saturated heterocycles. The van der Waals surface area contributed by atoms with Crippen molar-refractivity contribution in [1.82, 2.24) is 5.32 Å². The number of ether oxygens (including phenoxy) is 2. The predicted molar refractivity (Wildman–Crippen MR) is 73.2 cm³/mol. The number of halogens is 2. The van der Waals surface area contributed by atoms with E-state index in [0.29, 0.717) is 23.4 Å². The van der Waals surface area contributed by atoms with Crippen molar-refractivity contribution in [1.29, 1.82) is 0 Å². The van der Waals surface area contributed by atoms with Crippen LogP contribution in [0.5, 0.6) is 5.75 Å². The highest BCUT2D eigenvalue weighted by Crippen LogP contribution is 2.22. The fraction of sp³-hybridized carbons (Fsp3) is 0.267. The smallest absolute Gasteiger partial charge is 0.337 e. The Hall–Kier alpha value is -2.37. The molecule has 1 aliphatic heterocycles. The number of methoxy groups -OCH3 is 1. The Labute approximate surface area is 121 Å². The number of carbonyl (C=O) groups is 1. The van der Waals surface area contributed by atoms with Crippen molar-refractivity contribution in [3.8, 4) is 5.75 Å². The Morgan fingerprint density at radius 3 is 2.62 bits per heavy atom. The maximum atomic E-state index is 13.1. The highest BCUT2D eigenvalue weighted by atomic mass is 19.3. The van der Waals surface area contributed by atoms with Crippen molar-refractivity contribution in [2.45, 2.75) is 12.3 Å². The molecule has 2 rings (SSSR count). The van der Waals surface area contributed by atoms with Gasteiger partial charge in [-0.15, -0.1) is 0 Å². The lowest BCUT2D eigenvalue weighted by molar-refractivity contribution is 0.0600. The standard InChI is InChI=1S/C15H15F2NO3/c1-20-14(19)11-2-4-13(5-3-11)21-9-6-12-10-15(16,17)7-8-18-12/h2-5,7-8,10,18H,6,9H2,1H3. The van der Waals surface area contributed by atoms with Crippen LogP contribution in [-0.4, -0.2) is 25.6 Å². The molecule has 0 aliphatic carbocycles. The zero-order chi connectivity index (χ0) is 15.3. The van der Waals surface area contributed by atoms with Crippen LogP contribution in [0.25, 0.3) is 0 Å². The summed E-state index contributed by atoms with van der Waals surface area (Å²) in [5.41, 5.74) is 0.833. The van der Waals surface area contributed by atoms with E-state index in [-0.39, 0.29) is 6.61 Å². The van der Waals surface area contributed by atoms with Crippen molar-refractivity contribution in [2.75, 3.05) is 13.7 Å². The van der Waals surface area contributed by atoms with Crippen LogP contribution in [0.1, 0.15) is 16.8 Å². The average Bonchev–Trinajstić information content (AvgIpc) is 2.46. The van der Waals surface area contributed by atoms with Crippen LogP contribution < -0.4 is 10.1 Å². The normalized spacial score (nSPS) is 15.9. The minimum atomic E-state index is -2.91. The second-order valence-electron chi connectivity index (χ2n) is 4.44. The lowest BCUT2D eigenvalue weighted by Gasteiger charge is -2.17. The summed E-state index contributed by atoms with van der Waals surface area (Å²) in [5, 5.41) is 2.75. The third-order valence-corrected chi connectivity index (χ3v) is 2.86. The van der Waals surface area contributed by atoms with E-state index in [4.69, 9.17) is 4.74 Å².